The number of phenols is 3. The molecule has 6 atom stereocenters. The van der Waals surface area contributed by atoms with E-state index in [1.54, 1.807) is 0 Å². The predicted octanol–water partition coefficient (Wildman–Crippen LogP) is -0.303. The molecule has 0 aromatic heterocycles. The fourth-order valence-electron chi connectivity index (χ4n) is 4.00. The number of ketones is 1. The van der Waals surface area contributed by atoms with E-state index in [4.69, 9.17) is 18.9 Å². The smallest absolute Gasteiger partial charge is 0.229 e. The van der Waals surface area contributed by atoms with Crippen molar-refractivity contribution in [3.63, 3.8) is 0 Å². The summed E-state index contributed by atoms with van der Waals surface area (Å²) in [4.78, 5) is 12.8. The Balaban J connectivity index is 1.67. The number of aliphatic hydroxyl groups excluding tert-OH is 4. The van der Waals surface area contributed by atoms with Crippen LogP contribution in [0.25, 0.3) is 0 Å². The molecule has 2 aromatic rings. The summed E-state index contributed by atoms with van der Waals surface area (Å²) >= 11 is 0. The van der Waals surface area contributed by atoms with Gasteiger partial charge >= 0.3 is 0 Å². The Labute approximate surface area is 192 Å². The van der Waals surface area contributed by atoms with Gasteiger partial charge in [0.1, 0.15) is 53.3 Å². The minimum absolute atomic E-state index is 0.00494. The quantitative estimate of drug-likeness (QED) is 0.295. The second-order valence-electron chi connectivity index (χ2n) is 7.92. The number of hydrogen-bond donors (Lipinski definition) is 7. The number of carbonyl (C=O) groups excluding carboxylic acids is 1. The van der Waals surface area contributed by atoms with Crippen LogP contribution in [0.3, 0.4) is 0 Å². The zero-order chi connectivity index (χ0) is 24.7. The van der Waals surface area contributed by atoms with E-state index in [0.717, 1.165) is 6.07 Å². The van der Waals surface area contributed by atoms with Gasteiger partial charge in [0.15, 0.2) is 17.3 Å². The summed E-state index contributed by atoms with van der Waals surface area (Å²) in [6.07, 6.45) is -8.98. The van der Waals surface area contributed by atoms with E-state index < -0.39 is 60.7 Å². The maximum absolute atomic E-state index is 12.8. The maximum Gasteiger partial charge on any atom is 0.229 e. The molecule has 0 radical (unpaired) electrons. The van der Waals surface area contributed by atoms with Crippen LogP contribution in [-0.2, 0) is 4.74 Å². The van der Waals surface area contributed by atoms with E-state index >= 15 is 0 Å². The lowest BCUT2D eigenvalue weighted by Crippen LogP contribution is -2.60. The van der Waals surface area contributed by atoms with Crippen LogP contribution in [0.15, 0.2) is 24.3 Å². The lowest BCUT2D eigenvalue weighted by atomic mass is 9.94. The summed E-state index contributed by atoms with van der Waals surface area (Å²) in [6.45, 7) is -0.652. The molecule has 2 aliphatic rings. The first-order chi connectivity index (χ1) is 16.2. The van der Waals surface area contributed by atoms with Gasteiger partial charge in [-0.2, -0.15) is 0 Å². The van der Waals surface area contributed by atoms with Gasteiger partial charge in [0.2, 0.25) is 12.0 Å². The summed E-state index contributed by atoms with van der Waals surface area (Å²) in [7, 11) is 1.22. The third-order valence-electron chi connectivity index (χ3n) is 5.75. The van der Waals surface area contributed by atoms with Gasteiger partial charge < -0.3 is 54.7 Å². The lowest BCUT2D eigenvalue weighted by molar-refractivity contribution is -0.277. The fourth-order valence-corrected chi connectivity index (χ4v) is 4.00. The zero-order valence-corrected chi connectivity index (χ0v) is 17.9. The van der Waals surface area contributed by atoms with Crippen molar-refractivity contribution in [3.05, 3.63) is 35.4 Å². The zero-order valence-electron chi connectivity index (χ0n) is 17.9. The van der Waals surface area contributed by atoms with Crippen LogP contribution < -0.4 is 14.2 Å². The van der Waals surface area contributed by atoms with Crippen LogP contribution in [0.4, 0.5) is 0 Å². The molecule has 0 bridgehead atoms. The van der Waals surface area contributed by atoms with Crippen molar-refractivity contribution in [2.75, 3.05) is 13.7 Å². The van der Waals surface area contributed by atoms with Gasteiger partial charge in [-0.3, -0.25) is 4.79 Å². The fraction of sp³-hybridized carbons (Fsp3) is 0.409. The van der Waals surface area contributed by atoms with Gasteiger partial charge in [0.05, 0.1) is 20.1 Å². The number of phenolic OH excluding ortho intramolecular Hbond substituents is 3. The third kappa shape index (κ3) is 4.06. The molecule has 12 nitrogen and oxygen atoms in total. The van der Waals surface area contributed by atoms with Gasteiger partial charge in [-0.05, 0) is 18.2 Å². The second-order valence-corrected chi connectivity index (χ2v) is 7.92. The molecular weight excluding hydrogens is 456 g/mol. The minimum Gasteiger partial charge on any atom is -0.508 e. The topological polar surface area (TPSA) is 196 Å². The highest BCUT2D eigenvalue weighted by Crippen LogP contribution is 2.49. The number of fused-ring (bicyclic) bond motifs is 1. The van der Waals surface area contributed by atoms with Crippen LogP contribution in [0.2, 0.25) is 0 Å². The lowest BCUT2D eigenvalue weighted by Gasteiger charge is -2.40. The van der Waals surface area contributed by atoms with E-state index in [9.17, 15) is 40.5 Å². The molecule has 34 heavy (non-hydrogen) atoms. The molecule has 2 heterocycles. The maximum atomic E-state index is 12.8. The van der Waals surface area contributed by atoms with Gasteiger partial charge in [0.25, 0.3) is 0 Å². The van der Waals surface area contributed by atoms with Crippen molar-refractivity contribution >= 4 is 5.78 Å². The van der Waals surface area contributed by atoms with Crippen molar-refractivity contribution in [1.29, 1.82) is 0 Å². The summed E-state index contributed by atoms with van der Waals surface area (Å²) < 4.78 is 21.8. The molecule has 12 heteroatoms. The molecule has 2 aliphatic heterocycles. The average Bonchev–Trinajstić information content (AvgIpc) is 2.80. The number of benzene rings is 2. The number of carbonyl (C=O) groups is 1. The molecule has 184 valence electrons. The van der Waals surface area contributed by atoms with Crippen LogP contribution in [0.1, 0.15) is 28.4 Å². The van der Waals surface area contributed by atoms with E-state index in [1.165, 1.54) is 25.3 Å². The van der Waals surface area contributed by atoms with Gasteiger partial charge in [-0.1, -0.05) is 0 Å². The minimum atomic E-state index is -1.68. The number of hydrogen-bond acceptors (Lipinski definition) is 12. The third-order valence-corrected chi connectivity index (χ3v) is 5.75. The Morgan fingerprint density at radius 2 is 1.79 bits per heavy atom. The van der Waals surface area contributed by atoms with Gasteiger partial charge in [-0.15, -0.1) is 0 Å². The van der Waals surface area contributed by atoms with Crippen molar-refractivity contribution in [2.24, 2.45) is 0 Å². The van der Waals surface area contributed by atoms with Crippen molar-refractivity contribution < 1.29 is 59.5 Å². The van der Waals surface area contributed by atoms with Gasteiger partial charge in [-0.25, -0.2) is 0 Å². The molecule has 1 fully saturated rings. The summed E-state index contributed by atoms with van der Waals surface area (Å²) in [5.41, 5.74) is -0.0202. The van der Waals surface area contributed by atoms with Gasteiger partial charge in [0, 0.05) is 11.6 Å². The Hall–Kier alpha value is -3.29. The van der Waals surface area contributed by atoms with E-state index in [1.807, 2.05) is 0 Å². The first kappa shape index (κ1) is 23.9. The van der Waals surface area contributed by atoms with E-state index in [2.05, 4.69) is 0 Å². The number of ether oxygens (including phenoxy) is 4. The first-order valence-electron chi connectivity index (χ1n) is 10.3. The van der Waals surface area contributed by atoms with E-state index in [0.29, 0.717) is 0 Å². The second kappa shape index (κ2) is 9.16. The molecule has 0 aliphatic carbocycles. The van der Waals surface area contributed by atoms with Crippen molar-refractivity contribution in [1.82, 2.24) is 0 Å². The van der Waals surface area contributed by atoms with Crippen LogP contribution in [0.5, 0.6) is 34.5 Å². The molecule has 4 rings (SSSR count). The Morgan fingerprint density at radius 1 is 1.06 bits per heavy atom. The molecular formula is C22H24O12. The van der Waals surface area contributed by atoms with E-state index in [-0.39, 0.29) is 40.5 Å². The van der Waals surface area contributed by atoms with Crippen LogP contribution in [0, 0.1) is 0 Å². The Bertz CT molecular complexity index is 1080. The highest BCUT2D eigenvalue weighted by Gasteiger charge is 2.45. The highest BCUT2D eigenvalue weighted by atomic mass is 16.7. The first-order valence-corrected chi connectivity index (χ1v) is 10.3. The predicted molar refractivity (Wildman–Crippen MR) is 111 cm³/mol. The standard InChI is InChI=1S/C22H24O12/c1-31-21-11(26)6-14-16(18(21)28)10(25)5-13(32-14)9-4-8(24)2-3-12(9)33-22-20(30)19(29)17(27)15(7-23)34-22/h2-4,6,13,15,17,19-20,22-24,26-30H,5,7H2,1H3. The number of aromatic hydroxyl groups is 3. The molecule has 7 N–H and O–H groups in total. The summed E-state index contributed by atoms with van der Waals surface area (Å²) in [6, 6.07) is 4.95. The SMILES string of the molecule is COc1c(O)cc2c(c1O)C(=O)CC(c1cc(O)ccc1OC1OC(CO)C(O)C(O)C1O)O2. The molecule has 1 saturated heterocycles. The van der Waals surface area contributed by atoms with Crippen LogP contribution in [-0.4, -0.2) is 86.0 Å². The monoisotopic (exact) mass is 480 g/mol. The number of aliphatic hydroxyl groups is 4. The number of Topliss-reactive ketones (excluding diaryl/α,β-unsaturated/α-hetero) is 1. The normalized spacial score (nSPS) is 28.7. The molecule has 2 aromatic carbocycles. The molecule has 6 unspecified atom stereocenters. The Morgan fingerprint density at radius 3 is 2.47 bits per heavy atom. The number of methoxy groups -OCH3 is 1. The largest absolute Gasteiger partial charge is 0.508 e. The number of rotatable bonds is 5. The molecule has 0 amide bonds. The van der Waals surface area contributed by atoms with Crippen molar-refractivity contribution in [3.8, 4) is 34.5 Å². The molecule has 0 saturated carbocycles. The highest BCUT2D eigenvalue weighted by molar-refractivity contribution is 6.03. The van der Waals surface area contributed by atoms with Crippen molar-refractivity contribution in [2.45, 2.75) is 43.2 Å². The summed E-state index contributed by atoms with van der Waals surface area (Å²) in [5.74, 6) is -2.17. The average molecular weight is 480 g/mol. The van der Waals surface area contributed by atoms with Crippen LogP contribution >= 0.6 is 0 Å². The Kier molecular flexibility index (Phi) is 6.43. The summed E-state index contributed by atoms with van der Waals surface area (Å²) in [5, 5.41) is 70.0. The molecule has 0 spiro atoms.